The van der Waals surface area contributed by atoms with E-state index in [1.54, 1.807) is 19.9 Å². The normalized spacial score (nSPS) is 13.5. The second-order valence-corrected chi connectivity index (χ2v) is 7.94. The average Bonchev–Trinajstić information content (AvgIpc) is 3.50. The van der Waals surface area contributed by atoms with Gasteiger partial charge in [-0.25, -0.2) is 9.37 Å². The SMILES string of the molecule is CC(C)n1cc(-c2cnc(NCc3c(F)ccc4c3CCO4)n3cnnc23)c(C(F)(F)F)n1. The van der Waals surface area contributed by atoms with Crippen molar-refractivity contribution in [3.05, 3.63) is 53.5 Å². The van der Waals surface area contributed by atoms with Crippen molar-refractivity contribution in [1.82, 2.24) is 29.4 Å². The number of aromatic nitrogens is 6. The summed E-state index contributed by atoms with van der Waals surface area (Å²) in [6, 6.07) is 2.67. The van der Waals surface area contributed by atoms with Crippen molar-refractivity contribution in [3.8, 4) is 16.9 Å². The standard InChI is InChI=1S/C21H19F4N7O/c1-11(2)32-9-15(18(30-32)21(23,24)25)14-8-27-20(31-10-28-29-19(14)31)26-7-13-12-5-6-33-17(12)4-3-16(13)22/h3-4,8-11H,5-7H2,1-2H3,(H,26,27). The largest absolute Gasteiger partial charge is 0.493 e. The zero-order valence-corrected chi connectivity index (χ0v) is 17.7. The predicted octanol–water partition coefficient (Wildman–Crippen LogP) is 4.27. The van der Waals surface area contributed by atoms with Crippen LogP contribution >= 0.6 is 0 Å². The number of benzene rings is 1. The highest BCUT2D eigenvalue weighted by Gasteiger charge is 2.38. The zero-order chi connectivity index (χ0) is 23.3. The number of nitrogens with one attached hydrogen (secondary N) is 1. The van der Waals surface area contributed by atoms with Crippen LogP contribution < -0.4 is 10.1 Å². The van der Waals surface area contributed by atoms with E-state index in [9.17, 15) is 17.6 Å². The summed E-state index contributed by atoms with van der Waals surface area (Å²) in [5.74, 6) is 0.534. The van der Waals surface area contributed by atoms with E-state index in [2.05, 4.69) is 25.6 Å². The van der Waals surface area contributed by atoms with E-state index in [4.69, 9.17) is 4.74 Å². The number of ether oxygens (including phenoxy) is 1. The van der Waals surface area contributed by atoms with Crippen LogP contribution in [0.3, 0.4) is 0 Å². The molecule has 0 spiro atoms. The van der Waals surface area contributed by atoms with Gasteiger partial charge in [0.2, 0.25) is 5.95 Å². The molecule has 3 aromatic heterocycles. The first-order valence-electron chi connectivity index (χ1n) is 10.3. The molecule has 0 unspecified atom stereocenters. The van der Waals surface area contributed by atoms with E-state index < -0.39 is 11.9 Å². The maximum absolute atomic E-state index is 14.4. The number of hydrogen-bond acceptors (Lipinski definition) is 6. The van der Waals surface area contributed by atoms with Crippen LogP contribution in [0.4, 0.5) is 23.5 Å². The molecule has 0 aliphatic carbocycles. The summed E-state index contributed by atoms with van der Waals surface area (Å²) in [6.07, 6.45) is -0.106. The third-order valence-electron chi connectivity index (χ3n) is 5.52. The molecule has 172 valence electrons. The Balaban J connectivity index is 1.53. The van der Waals surface area contributed by atoms with E-state index in [0.717, 1.165) is 5.56 Å². The third kappa shape index (κ3) is 3.64. The summed E-state index contributed by atoms with van der Waals surface area (Å²) in [6.45, 7) is 4.07. The Morgan fingerprint density at radius 1 is 1.21 bits per heavy atom. The minimum atomic E-state index is -4.66. The Morgan fingerprint density at radius 3 is 2.79 bits per heavy atom. The molecule has 1 aliphatic heterocycles. The van der Waals surface area contributed by atoms with Crippen LogP contribution in [0, 0.1) is 5.82 Å². The summed E-state index contributed by atoms with van der Waals surface area (Å²) in [4.78, 5) is 4.28. The summed E-state index contributed by atoms with van der Waals surface area (Å²) in [5.41, 5.74) is 0.383. The number of fused-ring (bicyclic) bond motifs is 2. The molecule has 0 amide bonds. The molecule has 8 nitrogen and oxygen atoms in total. The van der Waals surface area contributed by atoms with Gasteiger partial charge in [0.1, 0.15) is 17.9 Å². The Kier molecular flexibility index (Phi) is 4.94. The van der Waals surface area contributed by atoms with Gasteiger partial charge in [-0.15, -0.1) is 10.2 Å². The van der Waals surface area contributed by atoms with Crippen LogP contribution in [-0.4, -0.2) is 36.0 Å². The second kappa shape index (κ2) is 7.71. The van der Waals surface area contributed by atoms with Crippen molar-refractivity contribution in [3.63, 3.8) is 0 Å². The first-order valence-corrected chi connectivity index (χ1v) is 10.3. The molecule has 0 fully saturated rings. The molecule has 4 heterocycles. The molecule has 0 atom stereocenters. The quantitative estimate of drug-likeness (QED) is 0.447. The highest BCUT2D eigenvalue weighted by molar-refractivity contribution is 5.79. The monoisotopic (exact) mass is 461 g/mol. The molecule has 1 N–H and O–H groups in total. The number of rotatable bonds is 5. The fourth-order valence-electron chi connectivity index (χ4n) is 3.88. The Labute approximate surface area is 185 Å². The Bertz CT molecular complexity index is 1340. The fourth-order valence-corrected chi connectivity index (χ4v) is 3.88. The molecule has 1 aliphatic rings. The fraction of sp³-hybridized carbons (Fsp3) is 0.333. The van der Waals surface area contributed by atoms with Gasteiger partial charge >= 0.3 is 6.18 Å². The van der Waals surface area contributed by atoms with Crippen LogP contribution in [0.1, 0.15) is 36.7 Å². The van der Waals surface area contributed by atoms with Crippen LogP contribution in [0.5, 0.6) is 5.75 Å². The number of hydrogen-bond donors (Lipinski definition) is 1. The van der Waals surface area contributed by atoms with Crippen molar-refractivity contribution >= 4 is 11.6 Å². The maximum Gasteiger partial charge on any atom is 0.435 e. The van der Waals surface area contributed by atoms with E-state index in [1.165, 1.54) is 33.9 Å². The molecule has 33 heavy (non-hydrogen) atoms. The van der Waals surface area contributed by atoms with E-state index in [1.807, 2.05) is 0 Å². The number of halogens is 4. The van der Waals surface area contributed by atoms with Crippen LogP contribution in [0.15, 0.2) is 30.9 Å². The number of nitrogens with zero attached hydrogens (tertiary/aromatic N) is 6. The van der Waals surface area contributed by atoms with Gasteiger partial charge in [0, 0.05) is 53.7 Å². The van der Waals surface area contributed by atoms with Gasteiger partial charge in [0.15, 0.2) is 11.3 Å². The van der Waals surface area contributed by atoms with Crippen LogP contribution in [0.25, 0.3) is 16.8 Å². The summed E-state index contributed by atoms with van der Waals surface area (Å²) in [7, 11) is 0. The molecule has 0 saturated carbocycles. The van der Waals surface area contributed by atoms with Crippen molar-refractivity contribution in [2.24, 2.45) is 0 Å². The first-order chi connectivity index (χ1) is 15.7. The highest BCUT2D eigenvalue weighted by atomic mass is 19.4. The Morgan fingerprint density at radius 2 is 2.03 bits per heavy atom. The molecule has 4 aromatic rings. The maximum atomic E-state index is 14.4. The lowest BCUT2D eigenvalue weighted by Gasteiger charge is -2.13. The van der Waals surface area contributed by atoms with E-state index in [0.29, 0.717) is 24.3 Å². The molecular weight excluding hydrogens is 442 g/mol. The van der Waals surface area contributed by atoms with Crippen LogP contribution in [0.2, 0.25) is 0 Å². The molecule has 1 aromatic carbocycles. The lowest BCUT2D eigenvalue weighted by atomic mass is 10.0. The van der Waals surface area contributed by atoms with Gasteiger partial charge < -0.3 is 10.1 Å². The topological polar surface area (TPSA) is 82.2 Å². The molecule has 5 rings (SSSR count). The molecule has 0 bridgehead atoms. The zero-order valence-electron chi connectivity index (χ0n) is 17.7. The van der Waals surface area contributed by atoms with Gasteiger partial charge in [-0.1, -0.05) is 0 Å². The van der Waals surface area contributed by atoms with Crippen LogP contribution in [-0.2, 0) is 19.1 Å². The van der Waals surface area contributed by atoms with Crippen molar-refractivity contribution < 1.29 is 22.3 Å². The number of anilines is 1. The molecular formula is C21H19F4N7O. The first kappa shape index (κ1) is 21.2. The molecule has 0 radical (unpaired) electrons. The van der Waals surface area contributed by atoms with Gasteiger partial charge in [0.05, 0.1) is 6.61 Å². The van der Waals surface area contributed by atoms with Gasteiger partial charge in [-0.05, 0) is 26.0 Å². The van der Waals surface area contributed by atoms with E-state index >= 15 is 0 Å². The second-order valence-electron chi connectivity index (χ2n) is 7.94. The third-order valence-corrected chi connectivity index (χ3v) is 5.52. The van der Waals surface area contributed by atoms with Gasteiger partial charge in [0.25, 0.3) is 0 Å². The molecule has 12 heteroatoms. The lowest BCUT2D eigenvalue weighted by Crippen LogP contribution is -2.11. The van der Waals surface area contributed by atoms with Gasteiger partial charge in [-0.3, -0.25) is 9.08 Å². The van der Waals surface area contributed by atoms with Crippen molar-refractivity contribution in [2.75, 3.05) is 11.9 Å². The summed E-state index contributed by atoms with van der Waals surface area (Å²) in [5, 5.41) is 14.6. The molecule has 0 saturated heterocycles. The minimum absolute atomic E-state index is 0.108. The number of alkyl halides is 3. The lowest BCUT2D eigenvalue weighted by molar-refractivity contribution is -0.141. The van der Waals surface area contributed by atoms with E-state index in [-0.39, 0.29) is 41.1 Å². The summed E-state index contributed by atoms with van der Waals surface area (Å²) < 4.78 is 63.6. The van der Waals surface area contributed by atoms with Crippen molar-refractivity contribution in [1.29, 1.82) is 0 Å². The van der Waals surface area contributed by atoms with Gasteiger partial charge in [-0.2, -0.15) is 18.3 Å². The minimum Gasteiger partial charge on any atom is -0.493 e. The average molecular weight is 461 g/mol. The Hall–Kier alpha value is -3.70. The van der Waals surface area contributed by atoms with Crippen molar-refractivity contribution in [2.45, 2.75) is 39.0 Å². The predicted molar refractivity (Wildman–Crippen MR) is 110 cm³/mol. The summed E-state index contributed by atoms with van der Waals surface area (Å²) >= 11 is 0. The highest BCUT2D eigenvalue weighted by Crippen LogP contribution is 2.38. The smallest absolute Gasteiger partial charge is 0.435 e.